The highest BCUT2D eigenvalue weighted by Crippen LogP contribution is 2.31. The Bertz CT molecular complexity index is 600. The molecule has 1 N–H and O–H groups in total. The van der Waals surface area contributed by atoms with Crippen LogP contribution in [0.3, 0.4) is 0 Å². The molecule has 0 bridgehead atoms. The van der Waals surface area contributed by atoms with E-state index in [0.29, 0.717) is 0 Å². The molecular weight excluding hydrogens is 328 g/mol. The lowest BCUT2D eigenvalue weighted by molar-refractivity contribution is -0.163. The second kappa shape index (κ2) is 6.95. The molecule has 0 atom stereocenters. The molecule has 0 fully saturated rings. The zero-order valence-electron chi connectivity index (χ0n) is 11.9. The lowest BCUT2D eigenvalue weighted by Gasteiger charge is -2.13. The number of hydrazone groups is 1. The average molecular weight is 341 g/mol. The van der Waals surface area contributed by atoms with Gasteiger partial charge in [0.1, 0.15) is 17.3 Å². The van der Waals surface area contributed by atoms with Crippen molar-refractivity contribution in [3.8, 4) is 5.75 Å². The van der Waals surface area contributed by atoms with Crippen LogP contribution in [-0.4, -0.2) is 23.8 Å². The third kappa shape index (κ3) is 4.87. The molecule has 1 aromatic carbocycles. The molecule has 4 nitrogen and oxygen atoms in total. The molecule has 22 heavy (non-hydrogen) atoms. The maximum absolute atomic E-state index is 13.7. The third-order valence-electron chi connectivity index (χ3n) is 2.31. The third-order valence-corrected chi connectivity index (χ3v) is 2.61. The first-order chi connectivity index (χ1) is 10.0. The van der Waals surface area contributed by atoms with Crippen molar-refractivity contribution in [3.05, 3.63) is 23.0 Å². The first-order valence-corrected chi connectivity index (χ1v) is 6.47. The van der Waals surface area contributed by atoms with Crippen LogP contribution in [0, 0.1) is 5.82 Å². The summed E-state index contributed by atoms with van der Waals surface area (Å²) in [6.07, 6.45) is -5.28. The number of hydrogen-bond acceptors (Lipinski definition) is 4. The smallest absolute Gasteiger partial charge is 0.456 e. The minimum absolute atomic E-state index is 0.00354. The van der Waals surface area contributed by atoms with E-state index in [1.165, 1.54) is 0 Å². The molecule has 0 saturated carbocycles. The normalized spacial score (nSPS) is 12.5. The van der Waals surface area contributed by atoms with Crippen molar-refractivity contribution in [2.45, 2.75) is 33.1 Å². The molecular formula is C13H13ClF4N2O2. The number of carbonyl (C=O) groups excluding carboxylic acids is 1. The fourth-order valence-electron chi connectivity index (χ4n) is 1.36. The van der Waals surface area contributed by atoms with Crippen LogP contribution in [0.15, 0.2) is 17.2 Å². The van der Waals surface area contributed by atoms with Gasteiger partial charge in [-0.2, -0.15) is 18.3 Å². The number of carbonyl (C=O) groups is 1. The zero-order valence-corrected chi connectivity index (χ0v) is 12.6. The number of nitrogens with one attached hydrogen (secondary N) is 1. The Kier molecular flexibility index (Phi) is 5.76. The van der Waals surface area contributed by atoms with E-state index in [-0.39, 0.29) is 22.6 Å². The Morgan fingerprint density at radius 2 is 1.95 bits per heavy atom. The van der Waals surface area contributed by atoms with Gasteiger partial charge in [-0.3, -0.25) is 10.2 Å². The van der Waals surface area contributed by atoms with Crippen molar-refractivity contribution in [1.82, 2.24) is 0 Å². The highest BCUT2D eigenvalue weighted by Gasteiger charge is 2.40. The monoisotopic (exact) mass is 340 g/mol. The summed E-state index contributed by atoms with van der Waals surface area (Å²) in [5.41, 5.74) is 0.937. The van der Waals surface area contributed by atoms with Crippen molar-refractivity contribution in [2.24, 2.45) is 5.10 Å². The van der Waals surface area contributed by atoms with Gasteiger partial charge >= 0.3 is 6.18 Å². The Labute approximate surface area is 129 Å². The van der Waals surface area contributed by atoms with Crippen molar-refractivity contribution in [3.63, 3.8) is 0 Å². The van der Waals surface area contributed by atoms with Crippen LogP contribution in [0.4, 0.5) is 23.2 Å². The molecule has 1 aromatic rings. The maximum atomic E-state index is 13.7. The summed E-state index contributed by atoms with van der Waals surface area (Å²) >= 11 is 5.79. The number of Topliss-reactive ketones (excluding diaryl/α,β-unsaturated/α-hetero) is 1. The van der Waals surface area contributed by atoms with Gasteiger partial charge in [-0.25, -0.2) is 4.39 Å². The summed E-state index contributed by atoms with van der Waals surface area (Å²) in [5, 5.41) is 3.23. The van der Waals surface area contributed by atoms with Crippen LogP contribution < -0.4 is 10.2 Å². The zero-order chi connectivity index (χ0) is 17.1. The highest BCUT2D eigenvalue weighted by molar-refractivity contribution is 6.41. The Balaban J connectivity index is 3.01. The maximum Gasteiger partial charge on any atom is 0.456 e. The molecule has 0 unspecified atom stereocenters. The molecule has 1 rings (SSSR count). The van der Waals surface area contributed by atoms with Crippen LogP contribution in [0.25, 0.3) is 0 Å². The summed E-state index contributed by atoms with van der Waals surface area (Å²) in [4.78, 5) is 10.9. The summed E-state index contributed by atoms with van der Waals surface area (Å²) in [5.74, 6) is -2.83. The van der Waals surface area contributed by atoms with Crippen LogP contribution in [0.1, 0.15) is 20.8 Å². The fraction of sp³-hybridized carbons (Fsp3) is 0.385. The van der Waals surface area contributed by atoms with E-state index in [2.05, 4.69) is 10.5 Å². The number of ether oxygens (including phenoxy) is 1. The van der Waals surface area contributed by atoms with Gasteiger partial charge < -0.3 is 4.74 Å². The predicted molar refractivity (Wildman–Crippen MR) is 75.0 cm³/mol. The summed E-state index contributed by atoms with van der Waals surface area (Å²) in [7, 11) is 0. The molecule has 0 aliphatic rings. The van der Waals surface area contributed by atoms with E-state index < -0.39 is 23.5 Å². The first-order valence-electron chi connectivity index (χ1n) is 6.10. The Morgan fingerprint density at radius 3 is 2.45 bits per heavy atom. The molecule has 0 spiro atoms. The lowest BCUT2D eigenvalue weighted by Crippen LogP contribution is -2.29. The average Bonchev–Trinajstić information content (AvgIpc) is 2.37. The van der Waals surface area contributed by atoms with Crippen molar-refractivity contribution < 1.29 is 27.1 Å². The number of rotatable bonds is 5. The van der Waals surface area contributed by atoms with Gasteiger partial charge in [0.25, 0.3) is 5.78 Å². The van der Waals surface area contributed by atoms with Gasteiger partial charge in [0.15, 0.2) is 0 Å². The summed E-state index contributed by atoms with van der Waals surface area (Å²) in [6.45, 7) is 4.30. The summed E-state index contributed by atoms with van der Waals surface area (Å²) in [6, 6.07) is 2.07. The molecule has 9 heteroatoms. The van der Waals surface area contributed by atoms with Crippen LogP contribution in [-0.2, 0) is 4.79 Å². The van der Waals surface area contributed by atoms with Gasteiger partial charge in [0, 0.05) is 6.07 Å². The van der Waals surface area contributed by atoms with Crippen molar-refractivity contribution in [2.75, 3.05) is 5.43 Å². The molecule has 0 aromatic heterocycles. The number of halogens is 5. The number of ketones is 1. The SMILES string of the molecule is C/C(=N\Nc1cc(OC(C)C)c(Cl)cc1F)C(=O)C(F)(F)F. The lowest BCUT2D eigenvalue weighted by atomic mass is 10.2. The van der Waals surface area contributed by atoms with E-state index in [4.69, 9.17) is 16.3 Å². The van der Waals surface area contributed by atoms with E-state index in [9.17, 15) is 22.4 Å². The first kappa shape index (κ1) is 18.2. The quantitative estimate of drug-likeness (QED) is 0.497. The van der Waals surface area contributed by atoms with Crippen LogP contribution >= 0.6 is 11.6 Å². The topological polar surface area (TPSA) is 50.7 Å². The predicted octanol–water partition coefficient (Wildman–Crippen LogP) is 4.19. The summed E-state index contributed by atoms with van der Waals surface area (Å²) < 4.78 is 55.6. The van der Waals surface area contributed by atoms with E-state index in [1.807, 2.05) is 0 Å². The Hall–Kier alpha value is -1.83. The van der Waals surface area contributed by atoms with Crippen molar-refractivity contribution >= 4 is 28.8 Å². The van der Waals surface area contributed by atoms with Gasteiger partial charge in [-0.15, -0.1) is 0 Å². The van der Waals surface area contributed by atoms with Crippen molar-refractivity contribution in [1.29, 1.82) is 0 Å². The minimum atomic E-state index is -5.04. The van der Waals surface area contributed by atoms with E-state index in [1.54, 1.807) is 13.8 Å². The fourth-order valence-corrected chi connectivity index (χ4v) is 1.55. The van der Waals surface area contributed by atoms with Gasteiger partial charge in [-0.05, 0) is 26.8 Å². The van der Waals surface area contributed by atoms with E-state index >= 15 is 0 Å². The number of nitrogens with zero attached hydrogens (tertiary/aromatic N) is 1. The largest absolute Gasteiger partial charge is 0.489 e. The number of alkyl halides is 3. The van der Waals surface area contributed by atoms with Crippen LogP contribution in [0.2, 0.25) is 5.02 Å². The molecule has 0 radical (unpaired) electrons. The molecule has 0 heterocycles. The number of hydrogen-bond donors (Lipinski definition) is 1. The van der Waals surface area contributed by atoms with Gasteiger partial charge in [0.2, 0.25) is 0 Å². The standard InChI is InChI=1S/C13H13ClF4N2O2/c1-6(2)22-11-5-10(9(15)4-8(11)14)20-19-7(3)12(21)13(16,17)18/h4-6,20H,1-3H3/b19-7+. The Morgan fingerprint density at radius 1 is 1.36 bits per heavy atom. The minimum Gasteiger partial charge on any atom is -0.489 e. The molecule has 0 saturated heterocycles. The van der Waals surface area contributed by atoms with Gasteiger partial charge in [0.05, 0.1) is 16.8 Å². The molecule has 0 aliphatic carbocycles. The number of anilines is 1. The molecule has 0 aliphatic heterocycles. The van der Waals surface area contributed by atoms with Gasteiger partial charge in [-0.1, -0.05) is 11.6 Å². The van der Waals surface area contributed by atoms with Crippen LogP contribution in [0.5, 0.6) is 5.75 Å². The molecule has 122 valence electrons. The van der Waals surface area contributed by atoms with E-state index in [0.717, 1.165) is 19.1 Å². The highest BCUT2D eigenvalue weighted by atomic mass is 35.5. The number of benzene rings is 1. The molecule has 0 amide bonds. The second-order valence-electron chi connectivity index (χ2n) is 4.56. The second-order valence-corrected chi connectivity index (χ2v) is 4.97.